The van der Waals surface area contributed by atoms with Gasteiger partial charge in [0.25, 0.3) is 0 Å². The zero-order chi connectivity index (χ0) is 13.4. The Balaban J connectivity index is 3.44. The minimum atomic E-state index is -1.37. The molecule has 5 N–H and O–H groups in total. The van der Waals surface area contributed by atoms with E-state index in [4.69, 9.17) is 5.11 Å². The molecule has 0 saturated carbocycles. The number of phenols is 3. The van der Waals surface area contributed by atoms with Crippen molar-refractivity contribution in [3.8, 4) is 17.2 Å². The fraction of sp³-hybridized carbons (Fsp3) is 0.364. The number of phenolic OH excluding ortho intramolecular Hbond substituents is 3. The summed E-state index contributed by atoms with van der Waals surface area (Å²) in [4.78, 5) is 10.9. The topological polar surface area (TPSA) is 118 Å². The van der Waals surface area contributed by atoms with Crippen molar-refractivity contribution in [3.63, 3.8) is 0 Å². The van der Waals surface area contributed by atoms with E-state index in [1.165, 1.54) is 13.8 Å². The number of hydrogen-bond donors (Lipinski definition) is 5. The van der Waals surface area contributed by atoms with Crippen molar-refractivity contribution in [1.82, 2.24) is 0 Å². The summed E-state index contributed by atoms with van der Waals surface area (Å²) in [6.07, 6.45) is -0.172. The monoisotopic (exact) mass is 242 g/mol. The van der Waals surface area contributed by atoms with Gasteiger partial charge in [0, 0.05) is 12.0 Å². The SMILES string of the molecule is CC(C)(O)Cc1c(C(=O)O)cc(O)c(O)c1O. The van der Waals surface area contributed by atoms with Crippen LogP contribution < -0.4 is 0 Å². The maximum absolute atomic E-state index is 10.9. The lowest BCUT2D eigenvalue weighted by Crippen LogP contribution is -2.23. The molecule has 0 heterocycles. The second-order valence-electron chi connectivity index (χ2n) is 4.41. The van der Waals surface area contributed by atoms with Crippen LogP contribution in [0.1, 0.15) is 29.8 Å². The number of carboxylic acids is 1. The largest absolute Gasteiger partial charge is 0.504 e. The highest BCUT2D eigenvalue weighted by molar-refractivity contribution is 5.91. The van der Waals surface area contributed by atoms with Gasteiger partial charge >= 0.3 is 5.97 Å². The van der Waals surface area contributed by atoms with E-state index < -0.39 is 28.8 Å². The Morgan fingerprint density at radius 2 is 1.76 bits per heavy atom. The molecule has 17 heavy (non-hydrogen) atoms. The second-order valence-corrected chi connectivity index (χ2v) is 4.41. The zero-order valence-electron chi connectivity index (χ0n) is 9.43. The Morgan fingerprint density at radius 1 is 1.24 bits per heavy atom. The van der Waals surface area contributed by atoms with E-state index in [1.54, 1.807) is 0 Å². The van der Waals surface area contributed by atoms with Gasteiger partial charge in [-0.15, -0.1) is 0 Å². The normalized spacial score (nSPS) is 11.5. The Morgan fingerprint density at radius 3 is 2.18 bits per heavy atom. The molecule has 0 bridgehead atoms. The van der Waals surface area contributed by atoms with Gasteiger partial charge in [-0.2, -0.15) is 0 Å². The van der Waals surface area contributed by atoms with Gasteiger partial charge in [0.1, 0.15) is 0 Å². The first-order valence-electron chi connectivity index (χ1n) is 4.86. The third-order valence-corrected chi connectivity index (χ3v) is 2.20. The van der Waals surface area contributed by atoms with Gasteiger partial charge in [0.2, 0.25) is 5.75 Å². The van der Waals surface area contributed by atoms with E-state index in [2.05, 4.69) is 0 Å². The molecule has 6 heteroatoms. The Hall–Kier alpha value is -1.95. The molecule has 0 amide bonds. The Kier molecular flexibility index (Phi) is 3.19. The van der Waals surface area contributed by atoms with E-state index in [0.717, 1.165) is 6.07 Å². The first-order chi connectivity index (χ1) is 7.63. The fourth-order valence-corrected chi connectivity index (χ4v) is 1.49. The summed E-state index contributed by atoms with van der Waals surface area (Å²) in [7, 11) is 0. The van der Waals surface area contributed by atoms with E-state index >= 15 is 0 Å². The van der Waals surface area contributed by atoms with Crippen molar-refractivity contribution in [2.45, 2.75) is 25.9 Å². The molecule has 1 aromatic carbocycles. The molecule has 0 aliphatic rings. The molecule has 0 aromatic heterocycles. The number of hydrogen-bond acceptors (Lipinski definition) is 5. The van der Waals surface area contributed by atoms with Crippen LogP contribution in [-0.4, -0.2) is 37.1 Å². The summed E-state index contributed by atoms with van der Waals surface area (Å²) in [5, 5.41) is 46.6. The summed E-state index contributed by atoms with van der Waals surface area (Å²) in [6.45, 7) is 2.87. The van der Waals surface area contributed by atoms with Gasteiger partial charge in [0.05, 0.1) is 11.2 Å². The number of benzene rings is 1. The molecule has 0 atom stereocenters. The molecular formula is C11H14O6. The molecule has 0 aliphatic heterocycles. The number of aliphatic hydroxyl groups is 1. The van der Waals surface area contributed by atoms with Gasteiger partial charge in [-0.3, -0.25) is 0 Å². The molecule has 0 unspecified atom stereocenters. The molecule has 0 radical (unpaired) electrons. The molecule has 94 valence electrons. The van der Waals surface area contributed by atoms with Gasteiger partial charge in [-0.1, -0.05) is 0 Å². The Bertz CT molecular complexity index is 458. The highest BCUT2D eigenvalue weighted by Gasteiger charge is 2.25. The van der Waals surface area contributed by atoms with E-state index in [-0.39, 0.29) is 17.5 Å². The number of aromatic hydroxyl groups is 3. The van der Waals surface area contributed by atoms with Crippen LogP contribution in [0.2, 0.25) is 0 Å². The van der Waals surface area contributed by atoms with Crippen LogP contribution in [0, 0.1) is 0 Å². The lowest BCUT2D eigenvalue weighted by atomic mass is 9.93. The fourth-order valence-electron chi connectivity index (χ4n) is 1.49. The number of rotatable bonds is 3. The summed E-state index contributed by atoms with van der Waals surface area (Å²) in [5.41, 5.74) is -1.74. The predicted octanol–water partition coefficient (Wildman–Crippen LogP) is 0.815. The van der Waals surface area contributed by atoms with E-state index in [1.807, 2.05) is 0 Å². The van der Waals surface area contributed by atoms with Gasteiger partial charge < -0.3 is 25.5 Å². The molecule has 1 aromatic rings. The number of carbonyl (C=O) groups is 1. The third kappa shape index (κ3) is 2.79. The van der Waals surface area contributed by atoms with Crippen molar-refractivity contribution >= 4 is 5.97 Å². The summed E-state index contributed by atoms with van der Waals surface area (Å²) in [6, 6.07) is 0.832. The lowest BCUT2D eigenvalue weighted by Gasteiger charge is -2.20. The van der Waals surface area contributed by atoms with Crippen molar-refractivity contribution < 1.29 is 30.3 Å². The second kappa shape index (κ2) is 4.14. The van der Waals surface area contributed by atoms with Crippen LogP contribution in [-0.2, 0) is 6.42 Å². The predicted molar refractivity (Wildman–Crippen MR) is 58.4 cm³/mol. The first-order valence-corrected chi connectivity index (χ1v) is 4.86. The van der Waals surface area contributed by atoms with Crippen molar-refractivity contribution in [1.29, 1.82) is 0 Å². The van der Waals surface area contributed by atoms with Crippen molar-refractivity contribution in [2.75, 3.05) is 0 Å². The van der Waals surface area contributed by atoms with Gasteiger partial charge in [-0.05, 0) is 19.9 Å². The van der Waals surface area contributed by atoms with Crippen molar-refractivity contribution in [3.05, 3.63) is 17.2 Å². The van der Waals surface area contributed by atoms with Crippen LogP contribution in [0.4, 0.5) is 0 Å². The summed E-state index contributed by atoms with van der Waals surface area (Å²) >= 11 is 0. The minimum Gasteiger partial charge on any atom is -0.504 e. The lowest BCUT2D eigenvalue weighted by molar-refractivity contribution is 0.0682. The van der Waals surface area contributed by atoms with E-state index in [0.29, 0.717) is 0 Å². The van der Waals surface area contributed by atoms with Crippen LogP contribution in [0.5, 0.6) is 17.2 Å². The Labute approximate surface area is 97.4 Å². The van der Waals surface area contributed by atoms with Crippen LogP contribution in [0.15, 0.2) is 6.07 Å². The highest BCUT2D eigenvalue weighted by Crippen LogP contribution is 2.40. The molecule has 0 fully saturated rings. The zero-order valence-corrected chi connectivity index (χ0v) is 9.43. The molecule has 6 nitrogen and oxygen atoms in total. The maximum atomic E-state index is 10.9. The average molecular weight is 242 g/mol. The van der Waals surface area contributed by atoms with Crippen LogP contribution >= 0.6 is 0 Å². The van der Waals surface area contributed by atoms with Crippen LogP contribution in [0.25, 0.3) is 0 Å². The van der Waals surface area contributed by atoms with Gasteiger partial charge in [-0.25, -0.2) is 4.79 Å². The summed E-state index contributed by atoms with van der Waals surface area (Å²) in [5.74, 6) is -3.62. The smallest absolute Gasteiger partial charge is 0.336 e. The van der Waals surface area contributed by atoms with Crippen LogP contribution in [0.3, 0.4) is 0 Å². The first kappa shape index (κ1) is 13.1. The van der Waals surface area contributed by atoms with Crippen molar-refractivity contribution in [2.24, 2.45) is 0 Å². The molecule has 0 spiro atoms. The quantitative estimate of drug-likeness (QED) is 0.501. The molecule has 0 saturated heterocycles. The van der Waals surface area contributed by atoms with Gasteiger partial charge in [0.15, 0.2) is 11.5 Å². The summed E-state index contributed by atoms with van der Waals surface area (Å²) < 4.78 is 0. The highest BCUT2D eigenvalue weighted by atomic mass is 16.4. The molecule has 0 aliphatic carbocycles. The minimum absolute atomic E-state index is 0.125. The number of carboxylic acid groups (broad SMARTS) is 1. The molecular weight excluding hydrogens is 228 g/mol. The van der Waals surface area contributed by atoms with E-state index in [9.17, 15) is 25.2 Å². The molecule has 1 rings (SSSR count). The third-order valence-electron chi connectivity index (χ3n) is 2.20. The maximum Gasteiger partial charge on any atom is 0.336 e. The average Bonchev–Trinajstić information content (AvgIpc) is 2.16. The standard InChI is InChI=1S/C11H14O6/c1-11(2,17)4-6-5(10(15)16)3-7(12)9(14)8(6)13/h3,12-14,17H,4H2,1-2H3,(H,15,16). The number of aromatic carboxylic acids is 1.